The summed E-state index contributed by atoms with van der Waals surface area (Å²) in [6, 6.07) is 22.2. The third-order valence-corrected chi connectivity index (χ3v) is 7.64. The van der Waals surface area contributed by atoms with Gasteiger partial charge in [0, 0.05) is 59.4 Å². The summed E-state index contributed by atoms with van der Waals surface area (Å²) in [5.41, 5.74) is 6.01. The number of carbonyl (C=O) groups excluding carboxylic acids is 2. The molecular formula is C33H30N8O2S. The van der Waals surface area contributed by atoms with Crippen LogP contribution in [-0.4, -0.2) is 57.1 Å². The van der Waals surface area contributed by atoms with Gasteiger partial charge in [-0.1, -0.05) is 18.2 Å². The van der Waals surface area contributed by atoms with Crippen LogP contribution in [-0.2, 0) is 11.8 Å². The SMILES string of the molecule is CN(C)C/C=C/C(=O)Nc1ccc(C(=O)Nc2cccc(Nc3nc(-c4ccc5nn(C)cc5c4)c4sccc4n3)c2)cc1. The lowest BCUT2D eigenvalue weighted by Gasteiger charge is -2.11. The van der Waals surface area contributed by atoms with Gasteiger partial charge in [-0.15, -0.1) is 11.3 Å². The number of hydrogen-bond donors (Lipinski definition) is 3. The van der Waals surface area contributed by atoms with E-state index in [2.05, 4.69) is 27.1 Å². The Morgan fingerprint density at radius 1 is 0.909 bits per heavy atom. The number of nitrogens with zero attached hydrogens (tertiary/aromatic N) is 5. The number of anilines is 4. The first kappa shape index (κ1) is 28.7. The molecule has 3 N–H and O–H groups in total. The maximum atomic E-state index is 13.0. The van der Waals surface area contributed by atoms with Crippen LogP contribution in [0.4, 0.5) is 23.0 Å². The van der Waals surface area contributed by atoms with Crippen LogP contribution < -0.4 is 16.0 Å². The Labute approximate surface area is 258 Å². The lowest BCUT2D eigenvalue weighted by molar-refractivity contribution is -0.111. The zero-order chi connectivity index (χ0) is 30.6. The van der Waals surface area contributed by atoms with Gasteiger partial charge >= 0.3 is 0 Å². The smallest absolute Gasteiger partial charge is 0.255 e. The molecule has 3 heterocycles. The van der Waals surface area contributed by atoms with Crippen molar-refractivity contribution in [3.63, 3.8) is 0 Å². The monoisotopic (exact) mass is 602 g/mol. The van der Waals surface area contributed by atoms with Crippen LogP contribution in [0.1, 0.15) is 10.4 Å². The average molecular weight is 603 g/mol. The minimum Gasteiger partial charge on any atom is -0.324 e. The lowest BCUT2D eigenvalue weighted by Crippen LogP contribution is -2.13. The molecule has 220 valence electrons. The zero-order valence-corrected chi connectivity index (χ0v) is 25.2. The number of nitrogens with one attached hydrogen (secondary N) is 3. The molecule has 0 saturated heterocycles. The van der Waals surface area contributed by atoms with E-state index in [1.165, 1.54) is 6.08 Å². The first-order valence-corrected chi connectivity index (χ1v) is 14.8. The number of fused-ring (bicyclic) bond motifs is 2. The normalized spacial score (nSPS) is 11.5. The van der Waals surface area contributed by atoms with Gasteiger partial charge < -0.3 is 20.9 Å². The summed E-state index contributed by atoms with van der Waals surface area (Å²) >= 11 is 1.60. The van der Waals surface area contributed by atoms with Gasteiger partial charge in [0.2, 0.25) is 11.9 Å². The molecule has 0 radical (unpaired) electrons. The Morgan fingerprint density at radius 2 is 1.73 bits per heavy atom. The van der Waals surface area contributed by atoms with Crippen LogP contribution in [0.3, 0.4) is 0 Å². The van der Waals surface area contributed by atoms with E-state index in [1.807, 2.05) is 80.1 Å². The molecule has 0 spiro atoms. The third kappa shape index (κ3) is 6.64. The Balaban J connectivity index is 1.15. The summed E-state index contributed by atoms with van der Waals surface area (Å²) in [5, 5.41) is 16.6. The van der Waals surface area contributed by atoms with Crippen LogP contribution >= 0.6 is 11.3 Å². The van der Waals surface area contributed by atoms with Gasteiger partial charge in [-0.25, -0.2) is 9.97 Å². The topological polar surface area (TPSA) is 117 Å². The van der Waals surface area contributed by atoms with Gasteiger partial charge in [-0.3, -0.25) is 14.3 Å². The molecule has 0 aliphatic heterocycles. The number of aryl methyl sites for hydroxylation is 1. The van der Waals surface area contributed by atoms with Gasteiger partial charge in [0.25, 0.3) is 5.91 Å². The Kier molecular flexibility index (Phi) is 8.13. The molecule has 2 amide bonds. The highest BCUT2D eigenvalue weighted by molar-refractivity contribution is 7.17. The average Bonchev–Trinajstić information content (AvgIpc) is 3.62. The fourth-order valence-electron chi connectivity index (χ4n) is 4.68. The van der Waals surface area contributed by atoms with E-state index in [0.29, 0.717) is 29.4 Å². The van der Waals surface area contributed by atoms with Gasteiger partial charge in [0.1, 0.15) is 0 Å². The van der Waals surface area contributed by atoms with Crippen molar-refractivity contribution in [2.75, 3.05) is 36.6 Å². The fraction of sp³-hybridized carbons (Fsp3) is 0.121. The van der Waals surface area contributed by atoms with Crippen molar-refractivity contribution in [3.8, 4) is 11.3 Å². The summed E-state index contributed by atoms with van der Waals surface area (Å²) in [6.07, 6.45) is 5.27. The first-order chi connectivity index (χ1) is 21.3. The second kappa shape index (κ2) is 12.5. The third-order valence-electron chi connectivity index (χ3n) is 6.73. The number of aromatic nitrogens is 4. The summed E-state index contributed by atoms with van der Waals surface area (Å²) < 4.78 is 2.81. The van der Waals surface area contributed by atoms with E-state index < -0.39 is 0 Å². The molecule has 0 atom stereocenters. The number of carbonyl (C=O) groups is 2. The number of benzene rings is 3. The first-order valence-electron chi connectivity index (χ1n) is 13.9. The van der Waals surface area contributed by atoms with E-state index >= 15 is 0 Å². The summed E-state index contributed by atoms with van der Waals surface area (Å²) in [5.74, 6) is -0.0399. The lowest BCUT2D eigenvalue weighted by atomic mass is 10.1. The van der Waals surface area contributed by atoms with Gasteiger partial charge in [0.15, 0.2) is 0 Å². The van der Waals surface area contributed by atoms with Crippen LogP contribution in [0.25, 0.3) is 32.4 Å². The molecule has 44 heavy (non-hydrogen) atoms. The predicted molar refractivity (Wildman–Crippen MR) is 178 cm³/mol. The summed E-state index contributed by atoms with van der Waals surface area (Å²) in [7, 11) is 5.77. The Hall–Kier alpha value is -5.39. The molecule has 0 bridgehead atoms. The molecule has 3 aromatic heterocycles. The van der Waals surface area contributed by atoms with E-state index in [1.54, 1.807) is 46.4 Å². The van der Waals surface area contributed by atoms with E-state index in [-0.39, 0.29) is 11.8 Å². The van der Waals surface area contributed by atoms with Crippen LogP contribution in [0.15, 0.2) is 96.5 Å². The maximum absolute atomic E-state index is 13.0. The highest BCUT2D eigenvalue weighted by atomic mass is 32.1. The van der Waals surface area contributed by atoms with Crippen molar-refractivity contribution in [3.05, 3.63) is 102 Å². The number of rotatable bonds is 9. The number of amides is 2. The van der Waals surface area contributed by atoms with E-state index in [9.17, 15) is 9.59 Å². The molecule has 0 fully saturated rings. The second-order valence-corrected chi connectivity index (χ2v) is 11.4. The van der Waals surface area contributed by atoms with Crippen molar-refractivity contribution < 1.29 is 9.59 Å². The van der Waals surface area contributed by atoms with Crippen molar-refractivity contribution in [1.82, 2.24) is 24.6 Å². The van der Waals surface area contributed by atoms with Crippen molar-refractivity contribution >= 4 is 67.3 Å². The van der Waals surface area contributed by atoms with Crippen LogP contribution in [0.5, 0.6) is 0 Å². The van der Waals surface area contributed by atoms with Crippen molar-refractivity contribution in [2.45, 2.75) is 0 Å². The number of likely N-dealkylation sites (N-methyl/N-ethyl adjacent to an activating group) is 1. The van der Waals surface area contributed by atoms with E-state index in [0.717, 1.165) is 38.1 Å². The predicted octanol–water partition coefficient (Wildman–Crippen LogP) is 6.30. The molecule has 0 aliphatic carbocycles. The van der Waals surface area contributed by atoms with Gasteiger partial charge in [-0.05, 0) is 80.1 Å². The van der Waals surface area contributed by atoms with Crippen molar-refractivity contribution in [2.24, 2.45) is 7.05 Å². The zero-order valence-electron chi connectivity index (χ0n) is 24.4. The van der Waals surface area contributed by atoms with E-state index in [4.69, 9.17) is 9.97 Å². The molecule has 0 aliphatic rings. The molecule has 6 aromatic rings. The van der Waals surface area contributed by atoms with Crippen LogP contribution in [0, 0.1) is 0 Å². The minimum absolute atomic E-state index is 0.225. The summed E-state index contributed by atoms with van der Waals surface area (Å²) in [6.45, 7) is 0.671. The molecule has 11 heteroatoms. The Bertz CT molecular complexity index is 2010. The fourth-order valence-corrected chi connectivity index (χ4v) is 5.52. The number of hydrogen-bond acceptors (Lipinski definition) is 8. The highest BCUT2D eigenvalue weighted by Gasteiger charge is 2.14. The minimum atomic E-state index is -0.269. The molecular weight excluding hydrogens is 572 g/mol. The molecule has 0 saturated carbocycles. The molecule has 10 nitrogen and oxygen atoms in total. The summed E-state index contributed by atoms with van der Waals surface area (Å²) in [4.78, 5) is 36.6. The standard InChI is InChI=1S/C33H30N8O2S/c1-40(2)16-5-8-29(42)34-24-12-9-21(10-13-24)32(43)35-25-6-4-7-26(19-25)36-33-37-28-15-17-44-31(28)30(38-33)22-11-14-27-23(18-22)20-41(3)39-27/h4-15,17-20H,16H2,1-3H3,(H,34,42)(H,35,43)(H,36,37,38)/b8-5+. The molecule has 0 unspecified atom stereocenters. The quantitative estimate of drug-likeness (QED) is 0.166. The maximum Gasteiger partial charge on any atom is 0.255 e. The van der Waals surface area contributed by atoms with Crippen molar-refractivity contribution in [1.29, 1.82) is 0 Å². The second-order valence-electron chi connectivity index (χ2n) is 10.5. The molecule has 3 aromatic carbocycles. The Morgan fingerprint density at radius 3 is 2.55 bits per heavy atom. The van der Waals surface area contributed by atoms with Gasteiger partial charge in [0.05, 0.1) is 21.4 Å². The largest absolute Gasteiger partial charge is 0.324 e. The van der Waals surface area contributed by atoms with Crippen LogP contribution in [0.2, 0.25) is 0 Å². The number of thiophene rings is 1. The van der Waals surface area contributed by atoms with Gasteiger partial charge in [-0.2, -0.15) is 5.10 Å². The molecule has 6 rings (SSSR count). The highest BCUT2D eigenvalue weighted by Crippen LogP contribution is 2.33.